The predicted octanol–water partition coefficient (Wildman–Crippen LogP) is 3.58. The molecule has 0 aromatic carbocycles. The van der Waals surface area contributed by atoms with Crippen molar-refractivity contribution in [2.75, 3.05) is 26.2 Å². The first-order valence-electron chi connectivity index (χ1n) is 7.87. The SMILES string of the molecule is CC(C)(C)OC(=O)N1CCCN([C@@H](C(=O)O)c2ccc(Br)s2)CC1. The van der Waals surface area contributed by atoms with Crippen LogP contribution in [0.15, 0.2) is 15.9 Å². The first kappa shape index (κ1) is 19.2. The standard InChI is InChI=1S/C16H23BrN2O4S/c1-16(2,3)23-15(22)19-8-4-7-18(9-10-19)13(14(20)21)11-5-6-12(17)24-11/h5-6,13H,4,7-10H2,1-3H3,(H,20,21)/t13-/m1/s1. The molecule has 24 heavy (non-hydrogen) atoms. The van der Waals surface area contributed by atoms with Crippen molar-refractivity contribution in [1.82, 2.24) is 9.80 Å². The Morgan fingerprint density at radius 2 is 1.96 bits per heavy atom. The van der Waals surface area contributed by atoms with Gasteiger partial charge in [0.25, 0.3) is 0 Å². The Labute approximate surface area is 154 Å². The first-order valence-corrected chi connectivity index (χ1v) is 9.48. The van der Waals surface area contributed by atoms with Gasteiger partial charge in [-0.2, -0.15) is 0 Å². The number of carboxylic acids is 1. The van der Waals surface area contributed by atoms with Gasteiger partial charge in [-0.1, -0.05) is 0 Å². The van der Waals surface area contributed by atoms with Crippen molar-refractivity contribution < 1.29 is 19.4 Å². The molecule has 6 nitrogen and oxygen atoms in total. The summed E-state index contributed by atoms with van der Waals surface area (Å²) in [6, 6.07) is 3.02. The average molecular weight is 419 g/mol. The number of nitrogens with zero attached hydrogens (tertiary/aromatic N) is 2. The first-order chi connectivity index (χ1) is 11.2. The molecule has 0 aliphatic carbocycles. The van der Waals surface area contributed by atoms with Gasteiger partial charge in [0.2, 0.25) is 0 Å². The number of ether oxygens (including phenoxy) is 1. The third-order valence-electron chi connectivity index (χ3n) is 3.64. The van der Waals surface area contributed by atoms with Crippen LogP contribution in [0.5, 0.6) is 0 Å². The van der Waals surface area contributed by atoms with Crippen molar-refractivity contribution in [1.29, 1.82) is 0 Å². The molecule has 1 fully saturated rings. The molecule has 1 aromatic heterocycles. The van der Waals surface area contributed by atoms with Gasteiger partial charge in [0, 0.05) is 31.1 Å². The fourth-order valence-corrected chi connectivity index (χ4v) is 4.19. The molecule has 0 radical (unpaired) electrons. The lowest BCUT2D eigenvalue weighted by atomic mass is 10.2. The minimum absolute atomic E-state index is 0.338. The van der Waals surface area contributed by atoms with Crippen molar-refractivity contribution in [2.45, 2.75) is 38.8 Å². The molecular weight excluding hydrogens is 396 g/mol. The molecule has 2 rings (SSSR count). The number of thiophene rings is 1. The number of carbonyl (C=O) groups is 2. The maximum absolute atomic E-state index is 12.2. The summed E-state index contributed by atoms with van der Waals surface area (Å²) >= 11 is 4.81. The van der Waals surface area contributed by atoms with E-state index >= 15 is 0 Å². The summed E-state index contributed by atoms with van der Waals surface area (Å²) in [5.41, 5.74) is -0.532. The number of hydrogen-bond donors (Lipinski definition) is 1. The highest BCUT2D eigenvalue weighted by molar-refractivity contribution is 9.11. The van der Waals surface area contributed by atoms with Gasteiger partial charge in [0.1, 0.15) is 11.6 Å². The third-order valence-corrected chi connectivity index (χ3v) is 5.32. The van der Waals surface area contributed by atoms with Gasteiger partial charge < -0.3 is 14.7 Å². The summed E-state index contributed by atoms with van der Waals surface area (Å²) in [4.78, 5) is 28.4. The monoisotopic (exact) mass is 418 g/mol. The highest BCUT2D eigenvalue weighted by Gasteiger charge is 2.32. The van der Waals surface area contributed by atoms with E-state index in [1.807, 2.05) is 37.8 Å². The number of halogens is 1. The summed E-state index contributed by atoms with van der Waals surface area (Å²) < 4.78 is 6.32. The van der Waals surface area contributed by atoms with E-state index in [2.05, 4.69) is 15.9 Å². The summed E-state index contributed by atoms with van der Waals surface area (Å²) in [6.45, 7) is 7.69. The molecule has 1 atom stereocenters. The number of carboxylic acid groups (broad SMARTS) is 1. The van der Waals surface area contributed by atoms with E-state index in [9.17, 15) is 14.7 Å². The van der Waals surface area contributed by atoms with Crippen molar-refractivity contribution >= 4 is 39.3 Å². The van der Waals surface area contributed by atoms with E-state index < -0.39 is 17.6 Å². The molecule has 134 valence electrons. The normalized spacial score (nSPS) is 18.1. The zero-order valence-corrected chi connectivity index (χ0v) is 16.5. The van der Waals surface area contributed by atoms with Crippen molar-refractivity contribution in [2.24, 2.45) is 0 Å². The molecule has 1 amide bonds. The fourth-order valence-electron chi connectivity index (χ4n) is 2.64. The van der Waals surface area contributed by atoms with Crippen LogP contribution in [0, 0.1) is 0 Å². The summed E-state index contributed by atoms with van der Waals surface area (Å²) in [5.74, 6) is -0.866. The fraction of sp³-hybridized carbons (Fsp3) is 0.625. The molecule has 1 saturated heterocycles. The molecule has 0 spiro atoms. The number of hydrogen-bond acceptors (Lipinski definition) is 5. The van der Waals surface area contributed by atoms with Gasteiger partial charge in [-0.25, -0.2) is 4.79 Å². The van der Waals surface area contributed by atoms with Crippen LogP contribution in [0.25, 0.3) is 0 Å². The molecule has 1 aliphatic heterocycles. The van der Waals surface area contributed by atoms with Gasteiger partial charge in [-0.3, -0.25) is 9.69 Å². The quantitative estimate of drug-likeness (QED) is 0.811. The molecule has 1 aliphatic rings. The van der Waals surface area contributed by atoms with E-state index in [1.54, 1.807) is 4.90 Å². The number of rotatable bonds is 3. The van der Waals surface area contributed by atoms with Gasteiger partial charge in [-0.15, -0.1) is 11.3 Å². The van der Waals surface area contributed by atoms with E-state index in [1.165, 1.54) is 11.3 Å². The topological polar surface area (TPSA) is 70.1 Å². The molecule has 1 aromatic rings. The van der Waals surface area contributed by atoms with Crippen molar-refractivity contribution in [3.63, 3.8) is 0 Å². The van der Waals surface area contributed by atoms with Gasteiger partial charge in [0.05, 0.1) is 3.79 Å². The van der Waals surface area contributed by atoms with E-state index in [0.29, 0.717) is 26.2 Å². The van der Waals surface area contributed by atoms with Crippen molar-refractivity contribution in [3.05, 3.63) is 20.8 Å². The zero-order valence-electron chi connectivity index (χ0n) is 14.1. The van der Waals surface area contributed by atoms with E-state index in [-0.39, 0.29) is 6.09 Å². The Balaban J connectivity index is 2.06. The van der Waals surface area contributed by atoms with Crippen LogP contribution in [0.4, 0.5) is 4.79 Å². The smallest absolute Gasteiger partial charge is 0.410 e. The second-order valence-electron chi connectivity index (χ2n) is 6.74. The number of aliphatic carboxylic acids is 1. The molecular formula is C16H23BrN2O4S. The lowest BCUT2D eigenvalue weighted by Crippen LogP contribution is -2.40. The Morgan fingerprint density at radius 3 is 2.50 bits per heavy atom. The molecule has 1 N–H and O–H groups in total. The maximum Gasteiger partial charge on any atom is 0.410 e. The van der Waals surface area contributed by atoms with Crippen LogP contribution in [0.2, 0.25) is 0 Å². The van der Waals surface area contributed by atoms with E-state index in [4.69, 9.17) is 4.74 Å². The Bertz CT molecular complexity index is 599. The second kappa shape index (κ2) is 7.84. The lowest BCUT2D eigenvalue weighted by molar-refractivity contribution is -0.143. The van der Waals surface area contributed by atoms with Gasteiger partial charge >= 0.3 is 12.1 Å². The van der Waals surface area contributed by atoms with Gasteiger partial charge in [-0.05, 0) is 55.3 Å². The summed E-state index contributed by atoms with van der Waals surface area (Å²) in [6.07, 6.45) is 0.380. The molecule has 0 unspecified atom stereocenters. The Morgan fingerprint density at radius 1 is 1.25 bits per heavy atom. The summed E-state index contributed by atoms with van der Waals surface area (Å²) in [5, 5.41) is 9.65. The van der Waals surface area contributed by atoms with E-state index in [0.717, 1.165) is 15.1 Å². The van der Waals surface area contributed by atoms with Gasteiger partial charge in [0.15, 0.2) is 0 Å². The van der Waals surface area contributed by atoms with Crippen LogP contribution >= 0.6 is 27.3 Å². The Hall–Kier alpha value is -1.12. The number of carbonyl (C=O) groups excluding carboxylic acids is 1. The van der Waals surface area contributed by atoms with Crippen LogP contribution in [0.1, 0.15) is 38.1 Å². The molecule has 2 heterocycles. The predicted molar refractivity (Wildman–Crippen MR) is 96.4 cm³/mol. The number of amides is 1. The van der Waals surface area contributed by atoms with Crippen molar-refractivity contribution in [3.8, 4) is 0 Å². The summed E-state index contributed by atoms with van der Waals surface area (Å²) in [7, 11) is 0. The zero-order chi connectivity index (χ0) is 17.9. The Kier molecular flexibility index (Phi) is 6.28. The second-order valence-corrected chi connectivity index (χ2v) is 9.23. The van der Waals surface area contributed by atoms with Crippen LogP contribution in [0.3, 0.4) is 0 Å². The lowest BCUT2D eigenvalue weighted by Gasteiger charge is -2.28. The molecule has 0 bridgehead atoms. The highest BCUT2D eigenvalue weighted by atomic mass is 79.9. The maximum atomic E-state index is 12.2. The average Bonchev–Trinajstić information content (AvgIpc) is 2.71. The molecule has 0 saturated carbocycles. The van der Waals surface area contributed by atoms with Crippen LogP contribution in [-0.4, -0.2) is 58.7 Å². The van der Waals surface area contributed by atoms with Crippen LogP contribution < -0.4 is 0 Å². The minimum Gasteiger partial charge on any atom is -0.480 e. The van der Waals surface area contributed by atoms with Crippen LogP contribution in [-0.2, 0) is 9.53 Å². The minimum atomic E-state index is -0.866. The third kappa shape index (κ3) is 5.19. The molecule has 8 heteroatoms. The largest absolute Gasteiger partial charge is 0.480 e. The highest BCUT2D eigenvalue weighted by Crippen LogP contribution is 2.31.